The normalized spacial score (nSPS) is 7.93. The van der Waals surface area contributed by atoms with Gasteiger partial charge in [-0.15, -0.1) is 0 Å². The van der Waals surface area contributed by atoms with E-state index in [1.165, 1.54) is 0 Å². The predicted octanol–water partition coefficient (Wildman–Crippen LogP) is -6.90. The van der Waals surface area contributed by atoms with Gasteiger partial charge in [0.05, 0.1) is 13.2 Å². The second-order valence-corrected chi connectivity index (χ2v) is 2.36. The third-order valence-corrected chi connectivity index (χ3v) is 0.421. The second kappa shape index (κ2) is 21.7. The Labute approximate surface area is 146 Å². The fourth-order valence-corrected chi connectivity index (χ4v) is 0.0577. The molecule has 12 heteroatoms. The molecule has 86 valence electrons. The molecule has 0 rings (SSSR count). The first-order chi connectivity index (χ1) is 4.81. The van der Waals surface area contributed by atoms with E-state index in [4.69, 9.17) is 34.6 Å². The van der Waals surface area contributed by atoms with Crippen LogP contribution in [0.25, 0.3) is 0 Å². The molecule has 0 saturated carbocycles. The standard InChI is InChI=1S/C3H8O3.2Ca.H3O4P.2H2O/c4-1-3(6)2-5;;;1-5(2,3)4;;/h3-6H,1-2H2;;;(H3,1,2,3,4);2*1H2/q;2*+2;;;/p-3. The van der Waals surface area contributed by atoms with Gasteiger partial charge in [0.1, 0.15) is 6.10 Å². The molecule has 0 bridgehead atoms. The molecule has 0 aromatic heterocycles. The van der Waals surface area contributed by atoms with Crippen LogP contribution < -0.4 is 14.7 Å². The van der Waals surface area contributed by atoms with Gasteiger partial charge in [0.2, 0.25) is 0 Å². The Morgan fingerprint density at radius 3 is 1.13 bits per heavy atom. The number of hydrogen-bond acceptors (Lipinski definition) is 7. The molecular weight excluding hydrogens is 291 g/mol. The molecule has 0 aliphatic rings. The van der Waals surface area contributed by atoms with E-state index < -0.39 is 13.9 Å². The Morgan fingerprint density at radius 2 is 1.13 bits per heavy atom. The summed E-state index contributed by atoms with van der Waals surface area (Å²) in [6, 6.07) is 0. The fraction of sp³-hybridized carbons (Fsp3) is 1.00. The van der Waals surface area contributed by atoms with Crippen molar-refractivity contribution in [3.05, 3.63) is 0 Å². The van der Waals surface area contributed by atoms with Crippen molar-refractivity contribution < 1.29 is 45.5 Å². The minimum absolute atomic E-state index is 0. The molecule has 0 fully saturated rings. The molecule has 0 amide bonds. The number of aliphatic hydroxyl groups is 3. The van der Waals surface area contributed by atoms with Crippen LogP contribution in [0.5, 0.6) is 0 Å². The zero-order chi connectivity index (χ0) is 9.49. The molecule has 0 saturated heterocycles. The van der Waals surface area contributed by atoms with E-state index >= 15 is 0 Å². The van der Waals surface area contributed by atoms with Crippen LogP contribution >= 0.6 is 7.82 Å². The fourth-order valence-electron chi connectivity index (χ4n) is 0.0577. The van der Waals surface area contributed by atoms with Crippen LogP contribution in [0.15, 0.2) is 0 Å². The zero-order valence-electron chi connectivity index (χ0n) is 7.83. The maximum absolute atomic E-state index is 8.55. The van der Waals surface area contributed by atoms with E-state index in [1.807, 2.05) is 0 Å². The summed E-state index contributed by atoms with van der Waals surface area (Å²) >= 11 is 0. The van der Waals surface area contributed by atoms with Crippen molar-refractivity contribution in [3.8, 4) is 0 Å². The van der Waals surface area contributed by atoms with Crippen molar-refractivity contribution in [2.45, 2.75) is 6.10 Å². The van der Waals surface area contributed by atoms with Crippen LogP contribution in [-0.4, -0.2) is 121 Å². The average Bonchev–Trinajstić information content (AvgIpc) is 1.83. The predicted molar refractivity (Wildman–Crippen MR) is 46.5 cm³/mol. The molecule has 0 unspecified atom stereocenters. The summed E-state index contributed by atoms with van der Waals surface area (Å²) in [5.41, 5.74) is 0. The molecule has 0 aromatic carbocycles. The topological polar surface area (TPSA) is 210 Å². The van der Waals surface area contributed by atoms with E-state index in [9.17, 15) is 0 Å². The van der Waals surface area contributed by atoms with Crippen molar-refractivity contribution in [2.75, 3.05) is 13.2 Å². The van der Waals surface area contributed by atoms with E-state index in [0.717, 1.165) is 0 Å². The monoisotopic (exact) mass is 303 g/mol. The summed E-state index contributed by atoms with van der Waals surface area (Å²) in [6.45, 7) is -0.729. The van der Waals surface area contributed by atoms with Gasteiger partial charge in [-0.25, -0.2) is 0 Å². The largest absolute Gasteiger partial charge is 2.00 e. The molecule has 0 atom stereocenters. The molecule has 0 spiro atoms. The Balaban J connectivity index is -0.0000000215. The Morgan fingerprint density at radius 1 is 1.00 bits per heavy atom. The second-order valence-electron chi connectivity index (χ2n) is 1.47. The number of phosphoric acid groups is 1. The average molecular weight is 303 g/mol. The third-order valence-electron chi connectivity index (χ3n) is 0.421. The first kappa shape index (κ1) is 36.0. The van der Waals surface area contributed by atoms with E-state index in [0.29, 0.717) is 0 Å². The maximum Gasteiger partial charge on any atom is 2.00 e. The van der Waals surface area contributed by atoms with Crippen molar-refractivity contribution in [1.29, 1.82) is 0 Å². The summed E-state index contributed by atoms with van der Waals surface area (Å²) in [6.07, 6.45) is -0.954. The number of aliphatic hydroxyl groups excluding tert-OH is 3. The SMILES string of the molecule is O.O.O=P([O-])([O-])[O-].OCC(O)CO.[Ca+2].[Ca+2]. The summed E-state index contributed by atoms with van der Waals surface area (Å²) < 4.78 is 8.55. The Bertz CT molecular complexity index is 116. The van der Waals surface area contributed by atoms with Gasteiger partial charge in [0.25, 0.3) is 0 Å². The quantitative estimate of drug-likeness (QED) is 0.331. The minimum atomic E-state index is -5.39. The molecule has 0 radical (unpaired) electrons. The van der Waals surface area contributed by atoms with E-state index in [-0.39, 0.29) is 99.6 Å². The first-order valence-electron chi connectivity index (χ1n) is 2.44. The molecular formula is C3H12Ca2O9P+. The van der Waals surface area contributed by atoms with Gasteiger partial charge in [-0.2, -0.15) is 7.82 Å². The van der Waals surface area contributed by atoms with Crippen LogP contribution in [0.1, 0.15) is 0 Å². The molecule has 9 nitrogen and oxygen atoms in total. The van der Waals surface area contributed by atoms with Crippen LogP contribution in [0.2, 0.25) is 0 Å². The van der Waals surface area contributed by atoms with Crippen LogP contribution in [0.3, 0.4) is 0 Å². The summed E-state index contributed by atoms with van der Waals surface area (Å²) in [7, 11) is -5.39. The van der Waals surface area contributed by atoms with Gasteiger partial charge in [-0.3, -0.25) is 0 Å². The smallest absolute Gasteiger partial charge is 0.822 e. The minimum Gasteiger partial charge on any atom is -0.822 e. The van der Waals surface area contributed by atoms with Crippen molar-refractivity contribution in [1.82, 2.24) is 0 Å². The van der Waals surface area contributed by atoms with Crippen molar-refractivity contribution in [3.63, 3.8) is 0 Å². The van der Waals surface area contributed by atoms with Crippen LogP contribution in [0, 0.1) is 0 Å². The summed E-state index contributed by atoms with van der Waals surface area (Å²) in [5.74, 6) is 0. The van der Waals surface area contributed by atoms with Gasteiger partial charge >= 0.3 is 75.5 Å². The van der Waals surface area contributed by atoms with Crippen molar-refractivity contribution in [2.24, 2.45) is 0 Å². The van der Waals surface area contributed by atoms with E-state index in [2.05, 4.69) is 0 Å². The van der Waals surface area contributed by atoms with Gasteiger partial charge in [0.15, 0.2) is 0 Å². The summed E-state index contributed by atoms with van der Waals surface area (Å²) in [5, 5.41) is 24.0. The number of hydrogen-bond donors (Lipinski definition) is 3. The molecule has 0 aliphatic heterocycles. The van der Waals surface area contributed by atoms with Crippen LogP contribution in [0.4, 0.5) is 0 Å². The van der Waals surface area contributed by atoms with Crippen LogP contribution in [-0.2, 0) is 4.57 Å². The van der Waals surface area contributed by atoms with Crippen molar-refractivity contribution >= 4 is 83.3 Å². The molecule has 0 aromatic rings. The van der Waals surface area contributed by atoms with E-state index in [1.54, 1.807) is 0 Å². The summed E-state index contributed by atoms with van der Waals surface area (Å²) in [4.78, 5) is 25.6. The molecule has 7 N–H and O–H groups in total. The number of rotatable bonds is 2. The van der Waals surface area contributed by atoms with Gasteiger partial charge in [0, 0.05) is 0 Å². The van der Waals surface area contributed by atoms with Gasteiger partial charge < -0.3 is 45.5 Å². The van der Waals surface area contributed by atoms with Gasteiger partial charge in [-0.05, 0) is 0 Å². The molecule has 0 heterocycles. The first-order valence-corrected chi connectivity index (χ1v) is 3.90. The maximum atomic E-state index is 8.55. The Kier molecular flexibility index (Phi) is 52.1. The zero-order valence-corrected chi connectivity index (χ0v) is 13.1. The third kappa shape index (κ3) is 82.8. The molecule has 15 heavy (non-hydrogen) atoms. The van der Waals surface area contributed by atoms with Gasteiger partial charge in [-0.1, -0.05) is 0 Å². The molecule has 0 aliphatic carbocycles. The Hall–Kier alpha value is 2.43.